The van der Waals surface area contributed by atoms with Gasteiger partial charge in [0.1, 0.15) is 11.6 Å². The average Bonchev–Trinajstić information content (AvgIpc) is 2.97. The van der Waals surface area contributed by atoms with Crippen molar-refractivity contribution >= 4 is 17.4 Å². The lowest BCUT2D eigenvalue weighted by atomic mass is 9.84. The third-order valence-electron chi connectivity index (χ3n) is 15.3. The highest BCUT2D eigenvalue weighted by atomic mass is 19.1. The van der Waals surface area contributed by atoms with Crippen LogP contribution in [0.25, 0.3) is 34.4 Å². The number of aromatic amines is 2. The number of nitrogens with one attached hydrogen (secondary N) is 3. The number of hydrogen-bond donors (Lipinski definition) is 3. The summed E-state index contributed by atoms with van der Waals surface area (Å²) in [6, 6.07) is 26.0. The van der Waals surface area contributed by atoms with Crippen LogP contribution in [0.2, 0.25) is 0 Å². The highest BCUT2D eigenvalue weighted by molar-refractivity contribution is 5.93. The van der Waals surface area contributed by atoms with Crippen LogP contribution in [-0.2, 0) is 12.8 Å². The number of carbonyl (C=O) groups is 1. The van der Waals surface area contributed by atoms with E-state index in [9.17, 15) is 13.6 Å². The van der Waals surface area contributed by atoms with Crippen LogP contribution in [0.1, 0.15) is 94.2 Å². The Bertz CT molecular complexity index is 3850. The number of nitrogens with zero attached hydrogens (tertiary/aromatic N) is 17. The first-order valence-corrected chi connectivity index (χ1v) is 27.7. The summed E-state index contributed by atoms with van der Waals surface area (Å²) < 4.78 is 28.7. The van der Waals surface area contributed by atoms with Gasteiger partial charge >= 0.3 is 0 Å². The Kier molecular flexibility index (Phi) is 15.2. The molecule has 16 rings (SSSR count). The number of ketones is 1. The molecule has 0 saturated carbocycles. The Morgan fingerprint density at radius 3 is 1.46 bits per heavy atom. The van der Waals surface area contributed by atoms with Gasteiger partial charge in [-0.15, -0.1) is 0 Å². The molecule has 5 unspecified atom stereocenters. The molecular formula is C60H62F2N20O. The van der Waals surface area contributed by atoms with Gasteiger partial charge in [-0.25, -0.2) is 58.0 Å². The molecule has 0 spiro atoms. The maximum absolute atomic E-state index is 13.3. The van der Waals surface area contributed by atoms with E-state index in [-0.39, 0.29) is 17.6 Å². The lowest BCUT2D eigenvalue weighted by Crippen LogP contribution is -2.69. The van der Waals surface area contributed by atoms with Gasteiger partial charge in [-0.3, -0.25) is 19.9 Å². The molecule has 4 bridgehead atoms. The van der Waals surface area contributed by atoms with Crippen molar-refractivity contribution in [3.8, 4) is 34.4 Å². The molecule has 6 aliphatic heterocycles. The van der Waals surface area contributed by atoms with E-state index in [0.29, 0.717) is 60.0 Å². The van der Waals surface area contributed by atoms with E-state index in [1.165, 1.54) is 53.9 Å². The molecule has 422 valence electrons. The first-order chi connectivity index (χ1) is 40.2. The molecule has 6 fully saturated rings. The number of aromatic nitrogens is 16. The number of carbonyl (C=O) groups excluding carboxylic acids is 1. The molecular weight excluding hydrogens is 1050 g/mol. The van der Waals surface area contributed by atoms with Gasteiger partial charge < -0.3 is 15.1 Å². The van der Waals surface area contributed by atoms with Crippen LogP contribution in [0.4, 0.5) is 20.4 Å². The molecule has 6 saturated heterocycles. The number of pyridine rings is 4. The SMILES string of the molecule is CC(=O)c1ccc(-n2cc(F)cn2)nc1.Cc1cc(Cc2cc(C)[nH]n2)nc(-c2ccc(N3CC4CC(C3)N4)nc2)n1.Cc1cc(Cc2cc(C)[nH]n2)nc(-c2ccc(N3CC4CC(C3)N4C(C)c3ccc(-n4cc(F)cn4)nc3)nc2)n1. The van der Waals surface area contributed by atoms with Crippen molar-refractivity contribution in [2.45, 2.75) is 97.4 Å². The highest BCUT2D eigenvalue weighted by Crippen LogP contribution is 2.41. The Labute approximate surface area is 477 Å². The Hall–Kier alpha value is -9.35. The summed E-state index contributed by atoms with van der Waals surface area (Å²) >= 11 is 0. The third kappa shape index (κ3) is 12.5. The van der Waals surface area contributed by atoms with E-state index < -0.39 is 5.82 Å². The monoisotopic (exact) mass is 1120 g/mol. The standard InChI is InChI=1S/C30H31FN10.C20H23N7.C10H8FN3O/c1-18-8-24(10-25-9-19(2)37-38-25)36-30(35-18)22-5-6-28(32-13-22)39-16-26-11-27(17-39)41(26)20(3)21-4-7-29(33-12-21)40-15-23(31)14-34-40;1-12-5-15(7-16-6-13(2)25-26-16)24-20(22-12)14-3-4-19(21-9-14)27-10-17-8-18(11-27)23-17;1-7(15)8-2-3-10(12-4-8)14-6-9(11)5-13-14/h4-9,12-15,20,26-27H,10-11,16-17H2,1-3H3,(H,37,38);3-6,9,17-18,23H,7-8,10-11H2,1-2H3,(H,25,26);2-6H,1H3. The van der Waals surface area contributed by atoms with E-state index in [1.54, 1.807) is 12.1 Å². The molecule has 21 nitrogen and oxygen atoms in total. The van der Waals surface area contributed by atoms with Gasteiger partial charge in [0.2, 0.25) is 0 Å². The zero-order valence-electron chi connectivity index (χ0n) is 46.9. The number of Topliss-reactive ketones (excluding diaryl/α,β-unsaturated/α-hetero) is 1. The Morgan fingerprint density at radius 1 is 0.566 bits per heavy atom. The minimum absolute atomic E-state index is 0.0549. The van der Waals surface area contributed by atoms with Gasteiger partial charge in [0.25, 0.3) is 0 Å². The second-order valence-electron chi connectivity index (χ2n) is 21.8. The fourth-order valence-electron chi connectivity index (χ4n) is 11.3. The number of rotatable bonds is 13. The Morgan fingerprint density at radius 2 is 1.05 bits per heavy atom. The number of anilines is 2. The fourth-order valence-corrected chi connectivity index (χ4v) is 11.3. The van der Waals surface area contributed by atoms with Gasteiger partial charge in [-0.05, 0) is 127 Å². The highest BCUT2D eigenvalue weighted by Gasteiger charge is 2.47. The number of fused-ring (bicyclic) bond motifs is 4. The molecule has 83 heavy (non-hydrogen) atoms. The lowest BCUT2D eigenvalue weighted by molar-refractivity contribution is -0.0344. The van der Waals surface area contributed by atoms with Crippen LogP contribution >= 0.6 is 0 Å². The van der Waals surface area contributed by atoms with Gasteiger partial charge in [-0.2, -0.15) is 20.4 Å². The zero-order valence-corrected chi connectivity index (χ0v) is 46.9. The van der Waals surface area contributed by atoms with E-state index >= 15 is 0 Å². The van der Waals surface area contributed by atoms with E-state index in [2.05, 4.69) is 113 Å². The summed E-state index contributed by atoms with van der Waals surface area (Å²) in [6.45, 7) is 15.6. The number of halogens is 2. The zero-order chi connectivity index (χ0) is 57.3. The molecule has 3 N–H and O–H groups in total. The summed E-state index contributed by atoms with van der Waals surface area (Å²) in [5.41, 5.74) is 11.3. The van der Waals surface area contributed by atoms with Crippen LogP contribution in [0.5, 0.6) is 0 Å². The molecule has 0 aliphatic carbocycles. The molecule has 6 aliphatic rings. The van der Waals surface area contributed by atoms with Crippen LogP contribution in [0, 0.1) is 39.3 Å². The van der Waals surface area contributed by atoms with E-state index in [0.717, 1.165) is 112 Å². The quantitative estimate of drug-likeness (QED) is 0.0933. The van der Waals surface area contributed by atoms with Crippen LogP contribution in [-0.4, -0.2) is 141 Å². The lowest BCUT2D eigenvalue weighted by Gasteiger charge is -2.59. The topological polar surface area (TPSA) is 235 Å². The number of piperidine rings is 2. The minimum atomic E-state index is -0.424. The number of H-pyrrole nitrogens is 2. The Balaban J connectivity index is 0.000000138. The molecule has 5 atom stereocenters. The second-order valence-corrected chi connectivity index (χ2v) is 21.8. The summed E-state index contributed by atoms with van der Waals surface area (Å²) in [6.07, 6.45) is 15.7. The summed E-state index contributed by atoms with van der Waals surface area (Å²) in [5, 5.41) is 25.9. The largest absolute Gasteiger partial charge is 0.353 e. The maximum Gasteiger partial charge on any atom is 0.161 e. The van der Waals surface area contributed by atoms with Gasteiger partial charge in [0.15, 0.2) is 40.7 Å². The van der Waals surface area contributed by atoms with E-state index in [1.807, 2.05) is 76.6 Å². The molecule has 16 heterocycles. The van der Waals surface area contributed by atoms with Crippen molar-refractivity contribution in [1.29, 1.82) is 0 Å². The van der Waals surface area contributed by atoms with Crippen molar-refractivity contribution in [3.63, 3.8) is 0 Å². The molecule has 0 aromatic carbocycles. The van der Waals surface area contributed by atoms with E-state index in [4.69, 9.17) is 15.0 Å². The summed E-state index contributed by atoms with van der Waals surface area (Å²) in [5.74, 6) is 3.65. The van der Waals surface area contributed by atoms with Crippen molar-refractivity contribution in [2.75, 3.05) is 36.0 Å². The second kappa shape index (κ2) is 23.3. The van der Waals surface area contributed by atoms with Gasteiger partial charge in [0.05, 0.1) is 47.6 Å². The minimum Gasteiger partial charge on any atom is -0.353 e. The van der Waals surface area contributed by atoms with Crippen molar-refractivity contribution < 1.29 is 13.6 Å². The number of piperazine rings is 2. The van der Waals surface area contributed by atoms with Crippen LogP contribution in [0.15, 0.2) is 122 Å². The van der Waals surface area contributed by atoms with Gasteiger partial charge in [0, 0.05) is 133 Å². The first-order valence-electron chi connectivity index (χ1n) is 27.7. The summed E-state index contributed by atoms with van der Waals surface area (Å²) in [7, 11) is 0. The maximum atomic E-state index is 13.3. The fraction of sp³-hybridized carbons (Fsp3) is 0.317. The molecule has 10 aromatic rings. The molecule has 23 heteroatoms. The van der Waals surface area contributed by atoms with Crippen LogP contribution in [0.3, 0.4) is 0 Å². The molecule has 0 amide bonds. The van der Waals surface area contributed by atoms with Gasteiger partial charge in [-0.1, -0.05) is 6.07 Å². The molecule has 10 aromatic heterocycles. The predicted molar refractivity (Wildman–Crippen MR) is 307 cm³/mol. The predicted octanol–water partition coefficient (Wildman–Crippen LogP) is 7.84. The number of aryl methyl sites for hydroxylation is 4. The van der Waals surface area contributed by atoms with Crippen LogP contribution < -0.4 is 15.1 Å². The van der Waals surface area contributed by atoms with Crippen molar-refractivity contribution in [2.24, 2.45) is 0 Å². The third-order valence-corrected chi connectivity index (χ3v) is 15.3. The van der Waals surface area contributed by atoms with Crippen molar-refractivity contribution in [1.82, 2.24) is 90.0 Å². The smallest absolute Gasteiger partial charge is 0.161 e. The average molecular weight is 1120 g/mol. The normalized spacial score (nSPS) is 18.3. The summed E-state index contributed by atoms with van der Waals surface area (Å²) in [4.78, 5) is 55.1. The first kappa shape index (κ1) is 54.2. The van der Waals surface area contributed by atoms with Crippen molar-refractivity contribution in [3.05, 3.63) is 191 Å². The molecule has 0 radical (unpaired) electrons. The number of hydrogen-bond acceptors (Lipinski definition) is 17.